The van der Waals surface area contributed by atoms with Crippen molar-refractivity contribution in [3.05, 3.63) is 42.2 Å². The molecular weight excluding hydrogens is 450 g/mol. The third-order valence-electron chi connectivity index (χ3n) is 5.44. The van der Waals surface area contributed by atoms with E-state index in [-0.39, 0.29) is 28.7 Å². The van der Waals surface area contributed by atoms with Crippen molar-refractivity contribution in [3.8, 4) is 10.4 Å². The zero-order chi connectivity index (χ0) is 22.2. The zero-order valence-corrected chi connectivity index (χ0v) is 20.2. The van der Waals surface area contributed by atoms with Gasteiger partial charge < -0.3 is 4.90 Å². The second kappa shape index (κ2) is 8.88. The van der Waals surface area contributed by atoms with Gasteiger partial charge in [0.2, 0.25) is 5.91 Å². The molecule has 0 radical (unpaired) electrons. The number of aromatic nitrogens is 2. The van der Waals surface area contributed by atoms with Crippen LogP contribution in [0.5, 0.6) is 0 Å². The summed E-state index contributed by atoms with van der Waals surface area (Å²) in [5, 5.41) is 1.36. The summed E-state index contributed by atoms with van der Waals surface area (Å²) in [6.45, 7) is 6.13. The Labute approximate surface area is 191 Å². The number of sulfone groups is 1. The van der Waals surface area contributed by atoms with Crippen molar-refractivity contribution in [2.24, 2.45) is 0 Å². The molecule has 31 heavy (non-hydrogen) atoms. The molecule has 164 valence electrons. The first-order chi connectivity index (χ1) is 14.8. The molecule has 2 atom stereocenters. The predicted molar refractivity (Wildman–Crippen MR) is 127 cm³/mol. The third kappa shape index (κ3) is 4.78. The monoisotopic (exact) mass is 475 g/mol. The van der Waals surface area contributed by atoms with Gasteiger partial charge in [0.1, 0.15) is 15.7 Å². The molecule has 3 aromatic rings. The van der Waals surface area contributed by atoms with Crippen LogP contribution in [0.2, 0.25) is 0 Å². The Hall–Kier alpha value is -1.97. The minimum absolute atomic E-state index is 0.0440. The van der Waals surface area contributed by atoms with Gasteiger partial charge in [0.25, 0.3) is 0 Å². The van der Waals surface area contributed by atoms with E-state index in [0.717, 1.165) is 25.7 Å². The van der Waals surface area contributed by atoms with E-state index in [4.69, 9.17) is 0 Å². The van der Waals surface area contributed by atoms with Crippen LogP contribution in [-0.4, -0.2) is 58.5 Å². The number of hydrogen-bond acceptors (Lipinski definition) is 7. The minimum Gasteiger partial charge on any atom is -0.338 e. The van der Waals surface area contributed by atoms with Crippen molar-refractivity contribution in [2.45, 2.75) is 43.5 Å². The molecule has 0 bridgehead atoms. The van der Waals surface area contributed by atoms with Gasteiger partial charge in [0, 0.05) is 22.8 Å². The number of rotatable bonds is 6. The highest BCUT2D eigenvalue weighted by atomic mass is 32.2. The highest BCUT2D eigenvalue weighted by molar-refractivity contribution is 8.00. The summed E-state index contributed by atoms with van der Waals surface area (Å²) >= 11 is 3.04. The van der Waals surface area contributed by atoms with Crippen LogP contribution in [0.15, 0.2) is 41.4 Å². The van der Waals surface area contributed by atoms with Gasteiger partial charge in [0.15, 0.2) is 9.84 Å². The molecule has 3 heterocycles. The molecule has 0 spiro atoms. The molecule has 6 nitrogen and oxygen atoms in total. The Morgan fingerprint density at radius 3 is 2.68 bits per heavy atom. The molecule has 0 aliphatic carbocycles. The fourth-order valence-electron chi connectivity index (χ4n) is 3.90. The number of aryl methyl sites for hydroxylation is 1. The molecule has 4 rings (SSSR count). The molecule has 0 N–H and O–H groups in total. The van der Waals surface area contributed by atoms with Crippen molar-refractivity contribution in [1.29, 1.82) is 0 Å². The maximum atomic E-state index is 13.2. The van der Waals surface area contributed by atoms with Crippen molar-refractivity contribution in [3.63, 3.8) is 0 Å². The molecule has 1 fully saturated rings. The van der Waals surface area contributed by atoms with Crippen LogP contribution >= 0.6 is 23.1 Å². The van der Waals surface area contributed by atoms with E-state index in [1.165, 1.54) is 11.8 Å². The topological polar surface area (TPSA) is 80.2 Å². The number of thioether (sulfide) groups is 1. The average molecular weight is 476 g/mol. The Kier molecular flexibility index (Phi) is 6.37. The number of carbonyl (C=O) groups is 1. The second-order valence-electron chi connectivity index (χ2n) is 7.71. The Bertz CT molecular complexity index is 1210. The lowest BCUT2D eigenvalue weighted by Gasteiger charge is -2.29. The molecule has 1 amide bonds. The van der Waals surface area contributed by atoms with Crippen LogP contribution in [0.4, 0.5) is 0 Å². The summed E-state index contributed by atoms with van der Waals surface area (Å²) in [7, 11) is -3.05. The Balaban J connectivity index is 1.60. The molecule has 2 unspecified atom stereocenters. The van der Waals surface area contributed by atoms with Gasteiger partial charge in [-0.2, -0.15) is 0 Å². The van der Waals surface area contributed by atoms with Gasteiger partial charge >= 0.3 is 0 Å². The van der Waals surface area contributed by atoms with Gasteiger partial charge in [-0.15, -0.1) is 11.3 Å². The van der Waals surface area contributed by atoms with Crippen LogP contribution in [-0.2, 0) is 14.6 Å². The van der Waals surface area contributed by atoms with E-state index in [1.54, 1.807) is 16.2 Å². The normalized spacial score (nSPS) is 18.9. The van der Waals surface area contributed by atoms with Crippen LogP contribution in [0, 0.1) is 6.92 Å². The van der Waals surface area contributed by atoms with Gasteiger partial charge in [-0.25, -0.2) is 18.4 Å². The maximum Gasteiger partial charge on any atom is 0.236 e. The number of amides is 1. The SMILES string of the molecule is CCN(C(=O)C(C)Sc1nc(C)nc2sc(-c3ccccc3)cc12)C1CCS(=O)(=O)C1. The lowest BCUT2D eigenvalue weighted by molar-refractivity contribution is -0.131. The van der Waals surface area contributed by atoms with Crippen molar-refractivity contribution in [2.75, 3.05) is 18.1 Å². The van der Waals surface area contributed by atoms with E-state index in [9.17, 15) is 13.2 Å². The largest absolute Gasteiger partial charge is 0.338 e. The predicted octanol–water partition coefficient (Wildman–Crippen LogP) is 4.18. The number of benzene rings is 1. The van der Waals surface area contributed by atoms with E-state index in [2.05, 4.69) is 28.2 Å². The average Bonchev–Trinajstić information content (AvgIpc) is 3.32. The smallest absolute Gasteiger partial charge is 0.236 e. The number of hydrogen-bond donors (Lipinski definition) is 0. The van der Waals surface area contributed by atoms with Crippen LogP contribution in [0.25, 0.3) is 20.7 Å². The maximum absolute atomic E-state index is 13.2. The molecule has 1 saturated heterocycles. The van der Waals surface area contributed by atoms with Crippen LogP contribution in [0.3, 0.4) is 0 Å². The van der Waals surface area contributed by atoms with Gasteiger partial charge in [-0.1, -0.05) is 42.1 Å². The van der Waals surface area contributed by atoms with Crippen LogP contribution in [0.1, 0.15) is 26.1 Å². The number of carbonyl (C=O) groups excluding carboxylic acids is 1. The highest BCUT2D eigenvalue weighted by Crippen LogP contribution is 2.38. The lowest BCUT2D eigenvalue weighted by atomic mass is 10.2. The minimum atomic E-state index is -3.05. The van der Waals surface area contributed by atoms with E-state index in [0.29, 0.717) is 18.8 Å². The highest BCUT2D eigenvalue weighted by Gasteiger charge is 2.35. The van der Waals surface area contributed by atoms with Gasteiger partial charge in [-0.3, -0.25) is 4.79 Å². The molecule has 1 aromatic carbocycles. The number of nitrogens with zero attached hydrogens (tertiary/aromatic N) is 3. The molecule has 9 heteroatoms. The first kappa shape index (κ1) is 22.2. The summed E-state index contributed by atoms with van der Waals surface area (Å²) in [5.41, 5.74) is 1.13. The van der Waals surface area contributed by atoms with E-state index >= 15 is 0 Å². The van der Waals surface area contributed by atoms with Crippen LogP contribution < -0.4 is 0 Å². The summed E-state index contributed by atoms with van der Waals surface area (Å²) in [6.07, 6.45) is 0.515. The standard InChI is InChI=1S/C22H25N3O3S3/c1-4-25(17-10-11-31(27,28)13-17)22(26)14(2)29-20-18-12-19(16-8-6-5-7-9-16)30-21(18)24-15(3)23-20/h5-9,12,14,17H,4,10-11,13H2,1-3H3. The van der Waals surface area contributed by atoms with Gasteiger partial charge in [0.05, 0.1) is 16.8 Å². The summed E-state index contributed by atoms with van der Waals surface area (Å²) in [5.74, 6) is 0.848. The quantitative estimate of drug-likeness (QED) is 0.393. The number of fused-ring (bicyclic) bond motifs is 1. The van der Waals surface area contributed by atoms with Crippen molar-refractivity contribution >= 4 is 49.1 Å². The molecule has 1 aliphatic rings. The third-order valence-corrected chi connectivity index (χ3v) is 9.36. The fraction of sp³-hybridized carbons (Fsp3) is 0.409. The van der Waals surface area contributed by atoms with Crippen molar-refractivity contribution in [1.82, 2.24) is 14.9 Å². The molecule has 2 aromatic heterocycles. The Morgan fingerprint density at radius 1 is 1.29 bits per heavy atom. The van der Waals surface area contributed by atoms with Crippen molar-refractivity contribution < 1.29 is 13.2 Å². The summed E-state index contributed by atoms with van der Waals surface area (Å²) < 4.78 is 23.8. The molecular formula is C22H25N3O3S3. The second-order valence-corrected chi connectivity index (χ2v) is 12.3. The fourth-order valence-corrected chi connectivity index (χ4v) is 7.81. The summed E-state index contributed by atoms with van der Waals surface area (Å²) in [4.78, 5) is 26.2. The molecule has 0 saturated carbocycles. The van der Waals surface area contributed by atoms with E-state index < -0.39 is 9.84 Å². The zero-order valence-electron chi connectivity index (χ0n) is 17.7. The first-order valence-corrected chi connectivity index (χ1v) is 13.8. The molecule has 1 aliphatic heterocycles. The Morgan fingerprint density at radius 2 is 2.03 bits per heavy atom. The first-order valence-electron chi connectivity index (χ1n) is 10.3. The summed E-state index contributed by atoms with van der Waals surface area (Å²) in [6, 6.07) is 12.0. The number of thiophene rings is 1. The van der Waals surface area contributed by atoms with Gasteiger partial charge in [-0.05, 0) is 38.8 Å². The lowest BCUT2D eigenvalue weighted by Crippen LogP contribution is -2.44. The van der Waals surface area contributed by atoms with E-state index in [1.807, 2.05) is 39.0 Å².